The minimum Gasteiger partial charge on any atom is -0.464 e. The smallest absolute Gasteiger partial charge is 0.328 e. The SMILES string of the molecule is C=S(=C)(CCCCCCCCC)CC(=O)N[C@H]1CCOC1=O.CCCCCCCCC[S+](C)CC(=O)N[C@H]1CCOC1=O.CCCCCCCCC[S+](C)CC(=O)N[C@H]1CCOC1=O.CCCCCCCCNS(=O)(=O)CC(=O)N[C@H]1CCOC1=O. The fourth-order valence-corrected chi connectivity index (χ4v) is 15.1. The topological polar surface area (TPSA) is 268 Å². The van der Waals surface area contributed by atoms with Crippen molar-refractivity contribution < 1.29 is 65.7 Å². The lowest BCUT2D eigenvalue weighted by Crippen LogP contribution is -2.43. The summed E-state index contributed by atoms with van der Waals surface area (Å²) in [6.45, 7) is 10.7. The van der Waals surface area contributed by atoms with Gasteiger partial charge in [0.05, 0.1) is 44.7 Å². The molecule has 0 aliphatic carbocycles. The predicted molar refractivity (Wildman–Crippen MR) is 357 cm³/mol. The molecule has 4 amide bonds. The van der Waals surface area contributed by atoms with E-state index in [4.69, 9.17) is 18.9 Å². The zero-order valence-corrected chi connectivity index (χ0v) is 57.2. The van der Waals surface area contributed by atoms with E-state index in [2.05, 4.69) is 77.9 Å². The molecule has 23 heteroatoms. The van der Waals surface area contributed by atoms with E-state index in [9.17, 15) is 46.8 Å². The van der Waals surface area contributed by atoms with Gasteiger partial charge in [-0.25, -0.2) is 41.5 Å². The number of amides is 4. The molecule has 0 radical (unpaired) electrons. The Bertz CT molecular complexity index is 2010. The third kappa shape index (κ3) is 43.2. The van der Waals surface area contributed by atoms with Crippen LogP contribution in [0.5, 0.6) is 0 Å². The van der Waals surface area contributed by atoms with E-state index in [-0.39, 0.29) is 64.0 Å². The van der Waals surface area contributed by atoms with Gasteiger partial charge in [-0.05, 0) is 66.1 Å². The van der Waals surface area contributed by atoms with Crippen LogP contribution >= 0.6 is 9.21 Å². The van der Waals surface area contributed by atoms with Crippen molar-refractivity contribution in [1.29, 1.82) is 0 Å². The monoisotopic (exact) mass is 1300 g/mol. The summed E-state index contributed by atoms with van der Waals surface area (Å²) in [4.78, 5) is 92.4. The Morgan fingerprint density at radius 1 is 0.419 bits per heavy atom. The zero-order chi connectivity index (χ0) is 63.9. The molecular formula is C63H117N5O14S4+2. The zero-order valence-electron chi connectivity index (χ0n) is 54.0. The van der Waals surface area contributed by atoms with Crippen LogP contribution in [-0.2, 0) is 89.1 Å². The number of rotatable bonds is 44. The molecule has 4 rings (SSSR count). The number of hydrogen-bond donors (Lipinski definition) is 5. The maximum atomic E-state index is 12.0. The van der Waals surface area contributed by atoms with Gasteiger partial charge in [0, 0.05) is 32.2 Å². The fraction of sp³-hybridized carbons (Fsp3) is 0.841. The second kappa shape index (κ2) is 50.2. The van der Waals surface area contributed by atoms with E-state index >= 15 is 0 Å². The van der Waals surface area contributed by atoms with Crippen LogP contribution in [0.25, 0.3) is 0 Å². The first-order valence-electron chi connectivity index (χ1n) is 32.6. The second-order valence-corrected chi connectivity index (χ2v) is 32.9. The van der Waals surface area contributed by atoms with Gasteiger partial charge < -0.3 is 40.2 Å². The molecule has 4 aliphatic heterocycles. The summed E-state index contributed by atoms with van der Waals surface area (Å²) < 4.78 is 45.1. The van der Waals surface area contributed by atoms with Crippen molar-refractivity contribution in [3.63, 3.8) is 0 Å². The number of unbranched alkanes of at least 4 members (excludes halogenated alkanes) is 23. The minimum atomic E-state index is -3.65. The Morgan fingerprint density at radius 3 is 1.01 bits per heavy atom. The van der Waals surface area contributed by atoms with Crippen molar-refractivity contribution in [3.05, 3.63) is 0 Å². The summed E-state index contributed by atoms with van der Waals surface area (Å²) in [5.74, 6) is 10.00. The number of carbonyl (C=O) groups is 8. The summed E-state index contributed by atoms with van der Waals surface area (Å²) in [7, 11) is -4.82. The largest absolute Gasteiger partial charge is 0.464 e. The van der Waals surface area contributed by atoms with Gasteiger partial charge in [-0.2, -0.15) is 0 Å². The second-order valence-electron chi connectivity index (χ2n) is 23.4. The van der Waals surface area contributed by atoms with Gasteiger partial charge in [-0.3, -0.25) is 19.2 Å². The number of sulfonamides is 1. The van der Waals surface area contributed by atoms with Crippen LogP contribution in [0.3, 0.4) is 0 Å². The van der Waals surface area contributed by atoms with Crippen LogP contribution in [0.2, 0.25) is 0 Å². The molecule has 0 bridgehead atoms. The van der Waals surface area contributed by atoms with Gasteiger partial charge >= 0.3 is 23.9 Å². The normalized spacial score (nSPS) is 18.8. The molecule has 5 N–H and O–H groups in total. The maximum Gasteiger partial charge on any atom is 0.328 e. The van der Waals surface area contributed by atoms with Crippen molar-refractivity contribution in [2.75, 3.05) is 85.8 Å². The third-order valence-electron chi connectivity index (χ3n) is 14.8. The molecule has 500 valence electrons. The highest BCUT2D eigenvalue weighted by atomic mass is 32.2. The van der Waals surface area contributed by atoms with E-state index in [1.807, 2.05) is 0 Å². The van der Waals surface area contributed by atoms with E-state index < -0.39 is 61.0 Å². The summed E-state index contributed by atoms with van der Waals surface area (Å²) in [6, 6.07) is -2.01. The highest BCUT2D eigenvalue weighted by Crippen LogP contribution is 2.22. The lowest BCUT2D eigenvalue weighted by molar-refractivity contribution is -0.141. The summed E-state index contributed by atoms with van der Waals surface area (Å²) in [6.07, 6.45) is 39.9. The number of hydrogen-bond acceptors (Lipinski definition) is 14. The molecule has 0 aromatic rings. The number of ether oxygens (including phenoxy) is 4. The van der Waals surface area contributed by atoms with Crippen LogP contribution in [0.4, 0.5) is 0 Å². The molecule has 0 aromatic heterocycles. The Morgan fingerprint density at radius 2 is 0.698 bits per heavy atom. The van der Waals surface area contributed by atoms with Crippen LogP contribution in [0, 0.1) is 0 Å². The fourth-order valence-electron chi connectivity index (χ4n) is 9.73. The molecule has 4 saturated heterocycles. The Hall–Kier alpha value is -3.54. The van der Waals surface area contributed by atoms with Crippen molar-refractivity contribution in [2.45, 2.75) is 251 Å². The van der Waals surface area contributed by atoms with E-state index in [1.54, 1.807) is 0 Å². The molecule has 4 heterocycles. The molecule has 0 aromatic carbocycles. The summed E-state index contributed by atoms with van der Waals surface area (Å²) in [5.41, 5.74) is 0. The average molecular weight is 1300 g/mol. The van der Waals surface area contributed by atoms with E-state index in [1.165, 1.54) is 148 Å². The van der Waals surface area contributed by atoms with Gasteiger partial charge in [0.1, 0.15) is 41.4 Å². The summed E-state index contributed by atoms with van der Waals surface area (Å²) >= 11 is 0. The Kier molecular flexibility index (Phi) is 47.0. The molecule has 4 fully saturated rings. The molecule has 86 heavy (non-hydrogen) atoms. The van der Waals surface area contributed by atoms with Gasteiger partial charge in [-0.1, -0.05) is 174 Å². The maximum absolute atomic E-state index is 12.0. The predicted octanol–water partition coefficient (Wildman–Crippen LogP) is 8.37. The number of cyclic esters (lactones) is 4. The molecule has 0 saturated carbocycles. The number of esters is 4. The first kappa shape index (κ1) is 80.5. The quantitative estimate of drug-likeness (QED) is 0.0126. The molecule has 6 atom stereocenters. The van der Waals surface area contributed by atoms with Gasteiger partial charge in [0.25, 0.3) is 11.8 Å². The van der Waals surface area contributed by atoms with E-state index in [0.717, 1.165) is 42.9 Å². The lowest BCUT2D eigenvalue weighted by atomic mass is 10.1. The van der Waals surface area contributed by atoms with Crippen LogP contribution in [0.15, 0.2) is 0 Å². The number of carbonyl (C=O) groups excluding carboxylic acids is 8. The van der Waals surface area contributed by atoms with Gasteiger partial charge in [0.15, 0.2) is 11.5 Å². The lowest BCUT2D eigenvalue weighted by Gasteiger charge is -2.15. The Balaban J connectivity index is 0.000000573. The standard InChI is InChI=1S/C17H31NO3S.2C16H29NO3S.C14H26N2O5S/c1-4-5-6-7-8-9-10-13-22(2,3)14-16(19)18-15-11-12-21-17(15)20;2*1-3-4-5-6-7-8-9-12-21(2)13-15(18)17-14-10-11-20-16(14)19;1-2-3-4-5-6-7-9-15-22(19,20)11-13(17)16-12-8-10-21-14(12)18/h15H,2-14H2,1H3,(H,18,19);2*14H,3-13H2,1-2H3;12,15H,2-11H2,1H3,(H,16,17)/p+2/t15-;2*14-,21?;12-/m0000/s1. The third-order valence-corrected chi connectivity index (χ3v) is 21.6. The molecular weight excluding hydrogens is 1180 g/mol. The van der Waals surface area contributed by atoms with Crippen LogP contribution < -0.4 is 26.0 Å². The van der Waals surface area contributed by atoms with Crippen molar-refractivity contribution in [1.82, 2.24) is 26.0 Å². The van der Waals surface area contributed by atoms with Crippen LogP contribution in [0.1, 0.15) is 227 Å². The van der Waals surface area contributed by atoms with Gasteiger partial charge in [0.2, 0.25) is 21.8 Å². The summed E-state index contributed by atoms with van der Waals surface area (Å²) in [5, 5.41) is 10.7. The van der Waals surface area contributed by atoms with Crippen molar-refractivity contribution >= 4 is 100 Å². The van der Waals surface area contributed by atoms with Crippen molar-refractivity contribution in [2.24, 2.45) is 0 Å². The first-order chi connectivity index (χ1) is 41.1. The van der Waals surface area contributed by atoms with Crippen LogP contribution in [-0.4, -0.2) is 178 Å². The molecule has 19 nitrogen and oxygen atoms in total. The first-order valence-corrected chi connectivity index (χ1v) is 40.5. The van der Waals surface area contributed by atoms with Gasteiger partial charge in [-0.15, -0.1) is 0 Å². The molecule has 2 unspecified atom stereocenters. The molecule has 4 aliphatic rings. The molecule has 0 spiro atoms. The van der Waals surface area contributed by atoms with Crippen molar-refractivity contribution in [3.8, 4) is 0 Å². The highest BCUT2D eigenvalue weighted by Gasteiger charge is 2.32. The highest BCUT2D eigenvalue weighted by molar-refractivity contribution is 8.28. The Labute approximate surface area is 525 Å². The number of nitrogens with one attached hydrogen (secondary N) is 5. The minimum absolute atomic E-state index is 0.00682. The van der Waals surface area contributed by atoms with E-state index in [0.29, 0.717) is 69.3 Å². The average Bonchev–Trinajstić information content (AvgIpc) is 4.44.